The molecule has 1 atom stereocenters. The molecule has 2 amide bonds. The number of carbonyl (C=O) groups excluding carboxylic acids is 1. The summed E-state index contributed by atoms with van der Waals surface area (Å²) < 4.78 is 5.13. The first-order chi connectivity index (χ1) is 11.5. The third kappa shape index (κ3) is 4.61. The van der Waals surface area contributed by atoms with Crippen LogP contribution in [0, 0.1) is 0 Å². The van der Waals surface area contributed by atoms with E-state index in [-0.39, 0.29) is 12.1 Å². The zero-order chi connectivity index (χ0) is 17.5. The summed E-state index contributed by atoms with van der Waals surface area (Å²) >= 11 is 6.21. The van der Waals surface area contributed by atoms with Crippen LogP contribution >= 0.6 is 11.6 Å². The lowest BCUT2D eigenvalue weighted by Crippen LogP contribution is -2.39. The van der Waals surface area contributed by atoms with Crippen LogP contribution in [0.2, 0.25) is 5.02 Å². The van der Waals surface area contributed by atoms with E-state index in [1.54, 1.807) is 37.5 Å². The highest BCUT2D eigenvalue weighted by atomic mass is 35.5. The lowest BCUT2D eigenvalue weighted by molar-refractivity contribution is 0.194. The van der Waals surface area contributed by atoms with Gasteiger partial charge < -0.3 is 15.0 Å². The van der Waals surface area contributed by atoms with Gasteiger partial charge in [0.05, 0.1) is 13.2 Å². The largest absolute Gasteiger partial charge is 0.497 e. The van der Waals surface area contributed by atoms with Gasteiger partial charge in [0.25, 0.3) is 0 Å². The van der Waals surface area contributed by atoms with Crippen molar-refractivity contribution >= 4 is 17.6 Å². The van der Waals surface area contributed by atoms with Crippen LogP contribution in [-0.4, -0.2) is 36.6 Å². The molecular weight excluding hydrogens is 326 g/mol. The number of carbonyl (C=O) groups is 1. The molecule has 2 aromatic rings. The Morgan fingerprint density at radius 2 is 2.21 bits per heavy atom. The molecule has 0 bridgehead atoms. The van der Waals surface area contributed by atoms with Gasteiger partial charge in [0.2, 0.25) is 0 Å². The van der Waals surface area contributed by atoms with Gasteiger partial charge in [-0.1, -0.05) is 23.7 Å². The molecule has 1 heterocycles. The number of hydrogen-bond donors (Lipinski definition) is 1. The molecule has 128 valence electrons. The molecule has 0 aliphatic rings. The molecule has 5 nitrogen and oxygen atoms in total. The van der Waals surface area contributed by atoms with Crippen molar-refractivity contribution in [3.63, 3.8) is 0 Å². The fourth-order valence-electron chi connectivity index (χ4n) is 2.31. The fraction of sp³-hybridized carbons (Fsp3) is 0.333. The van der Waals surface area contributed by atoms with Gasteiger partial charge in [-0.3, -0.25) is 4.98 Å². The summed E-state index contributed by atoms with van der Waals surface area (Å²) in [6.45, 7) is 2.48. The van der Waals surface area contributed by atoms with Crippen LogP contribution < -0.4 is 10.1 Å². The van der Waals surface area contributed by atoms with Crippen LogP contribution in [0.25, 0.3) is 0 Å². The van der Waals surface area contributed by atoms with Crippen molar-refractivity contribution in [1.29, 1.82) is 0 Å². The van der Waals surface area contributed by atoms with Crippen LogP contribution in [-0.2, 0) is 6.42 Å². The van der Waals surface area contributed by atoms with E-state index in [1.165, 1.54) is 0 Å². The number of nitrogens with one attached hydrogen (secondary N) is 1. The number of ether oxygens (including phenoxy) is 1. The molecule has 0 saturated heterocycles. The maximum atomic E-state index is 12.3. The first-order valence-electron chi connectivity index (χ1n) is 7.76. The predicted octanol–water partition coefficient (Wildman–Crippen LogP) is 3.69. The standard InChI is InChI=1S/C18H22ClN3O2/c1-13(15-5-4-9-20-12-15)22(2)18(23)21-10-8-14-6-7-16(24-3)11-17(14)19/h4-7,9,11-13H,8,10H2,1-3H3,(H,21,23). The Bertz CT molecular complexity index is 679. The Morgan fingerprint density at radius 3 is 2.83 bits per heavy atom. The number of aromatic nitrogens is 1. The second-order valence-electron chi connectivity index (χ2n) is 5.51. The molecule has 1 N–H and O–H groups in total. The summed E-state index contributed by atoms with van der Waals surface area (Å²) in [6, 6.07) is 9.19. The maximum absolute atomic E-state index is 12.3. The second kappa shape index (κ2) is 8.55. The van der Waals surface area contributed by atoms with E-state index in [9.17, 15) is 4.79 Å². The van der Waals surface area contributed by atoms with E-state index in [2.05, 4.69) is 10.3 Å². The van der Waals surface area contributed by atoms with Crippen LogP contribution in [0.5, 0.6) is 5.75 Å². The number of amides is 2. The minimum Gasteiger partial charge on any atom is -0.497 e. The number of hydrogen-bond acceptors (Lipinski definition) is 3. The summed E-state index contributed by atoms with van der Waals surface area (Å²) in [7, 11) is 3.37. The molecule has 6 heteroatoms. The van der Waals surface area contributed by atoms with Crippen molar-refractivity contribution in [3.05, 3.63) is 58.9 Å². The molecule has 0 saturated carbocycles. The van der Waals surface area contributed by atoms with Gasteiger partial charge in [0.1, 0.15) is 5.75 Å². The quantitative estimate of drug-likeness (QED) is 0.867. The Labute approximate surface area is 147 Å². The summed E-state index contributed by atoms with van der Waals surface area (Å²) in [5, 5.41) is 3.55. The van der Waals surface area contributed by atoms with Crippen LogP contribution in [0.3, 0.4) is 0 Å². The Kier molecular flexibility index (Phi) is 6.44. The monoisotopic (exact) mass is 347 g/mol. The van der Waals surface area contributed by atoms with Gasteiger partial charge in [-0.25, -0.2) is 4.79 Å². The first-order valence-corrected chi connectivity index (χ1v) is 8.13. The third-order valence-corrected chi connectivity index (χ3v) is 4.35. The van der Waals surface area contributed by atoms with Crippen LogP contribution in [0.1, 0.15) is 24.1 Å². The Hall–Kier alpha value is -2.27. The van der Waals surface area contributed by atoms with Gasteiger partial charge in [0.15, 0.2) is 0 Å². The summed E-state index contributed by atoms with van der Waals surface area (Å²) in [5.41, 5.74) is 1.97. The summed E-state index contributed by atoms with van der Waals surface area (Å²) in [5.74, 6) is 0.720. The number of urea groups is 1. The number of benzene rings is 1. The smallest absolute Gasteiger partial charge is 0.317 e. The van der Waals surface area contributed by atoms with E-state index < -0.39 is 0 Å². The third-order valence-electron chi connectivity index (χ3n) is 4.00. The molecule has 1 unspecified atom stereocenters. The molecule has 0 aliphatic heterocycles. The molecule has 0 radical (unpaired) electrons. The number of halogens is 1. The lowest BCUT2D eigenvalue weighted by Gasteiger charge is -2.25. The van der Waals surface area contributed by atoms with E-state index >= 15 is 0 Å². The van der Waals surface area contributed by atoms with Gasteiger partial charge >= 0.3 is 6.03 Å². The van der Waals surface area contributed by atoms with Crippen molar-refractivity contribution in [2.75, 3.05) is 20.7 Å². The van der Waals surface area contributed by atoms with E-state index in [0.717, 1.165) is 16.9 Å². The highest BCUT2D eigenvalue weighted by Crippen LogP contribution is 2.22. The van der Waals surface area contributed by atoms with Crippen molar-refractivity contribution < 1.29 is 9.53 Å². The Morgan fingerprint density at radius 1 is 1.42 bits per heavy atom. The van der Waals surface area contributed by atoms with Crippen LogP contribution in [0.15, 0.2) is 42.7 Å². The van der Waals surface area contributed by atoms with Crippen molar-refractivity contribution in [2.24, 2.45) is 0 Å². The molecule has 2 rings (SSSR count). The van der Waals surface area contributed by atoms with Gasteiger partial charge in [-0.15, -0.1) is 0 Å². The first kappa shape index (κ1) is 18.1. The molecule has 0 fully saturated rings. The zero-order valence-corrected chi connectivity index (χ0v) is 14.9. The summed E-state index contributed by atoms with van der Waals surface area (Å²) in [4.78, 5) is 18.0. The zero-order valence-electron chi connectivity index (χ0n) is 14.1. The maximum Gasteiger partial charge on any atom is 0.317 e. The molecule has 0 aliphatic carbocycles. The fourth-order valence-corrected chi connectivity index (χ4v) is 2.57. The second-order valence-corrected chi connectivity index (χ2v) is 5.92. The Balaban J connectivity index is 1.86. The molecule has 1 aromatic carbocycles. The molecular formula is C18H22ClN3O2. The normalized spacial score (nSPS) is 11.7. The SMILES string of the molecule is COc1ccc(CCNC(=O)N(C)C(C)c2cccnc2)c(Cl)c1. The van der Waals surface area contributed by atoms with E-state index in [4.69, 9.17) is 16.3 Å². The topological polar surface area (TPSA) is 54.5 Å². The molecule has 1 aromatic heterocycles. The predicted molar refractivity (Wildman–Crippen MR) is 95.5 cm³/mol. The minimum absolute atomic E-state index is 0.0525. The van der Waals surface area contributed by atoms with Crippen molar-refractivity contribution in [3.8, 4) is 5.75 Å². The molecule has 0 spiro atoms. The van der Waals surface area contributed by atoms with Crippen molar-refractivity contribution in [2.45, 2.75) is 19.4 Å². The number of pyridine rings is 1. The number of rotatable bonds is 6. The summed E-state index contributed by atoms with van der Waals surface area (Å²) in [6.07, 6.45) is 4.14. The highest BCUT2D eigenvalue weighted by Gasteiger charge is 2.17. The van der Waals surface area contributed by atoms with Crippen LogP contribution in [0.4, 0.5) is 4.79 Å². The molecule has 24 heavy (non-hydrogen) atoms. The minimum atomic E-state index is -0.129. The van der Waals surface area contributed by atoms with Crippen molar-refractivity contribution in [1.82, 2.24) is 15.2 Å². The average Bonchev–Trinajstić information content (AvgIpc) is 2.62. The van der Waals surface area contributed by atoms with E-state index in [0.29, 0.717) is 18.0 Å². The average molecular weight is 348 g/mol. The number of methoxy groups -OCH3 is 1. The van der Waals surface area contributed by atoms with Gasteiger partial charge in [-0.05, 0) is 42.7 Å². The van der Waals surface area contributed by atoms with Gasteiger partial charge in [0, 0.05) is 31.0 Å². The van der Waals surface area contributed by atoms with Gasteiger partial charge in [-0.2, -0.15) is 0 Å². The van der Waals surface area contributed by atoms with E-state index in [1.807, 2.05) is 31.2 Å². The lowest BCUT2D eigenvalue weighted by atomic mass is 10.1. The highest BCUT2D eigenvalue weighted by molar-refractivity contribution is 6.31. The number of nitrogens with zero attached hydrogens (tertiary/aromatic N) is 2.